The van der Waals surface area contributed by atoms with Gasteiger partial charge in [0.2, 0.25) is 0 Å². The molecule has 0 bridgehead atoms. The highest BCUT2D eigenvalue weighted by atomic mass is 32.2. The van der Waals surface area contributed by atoms with Gasteiger partial charge in [0.15, 0.2) is 0 Å². The van der Waals surface area contributed by atoms with Gasteiger partial charge >= 0.3 is 0 Å². The van der Waals surface area contributed by atoms with Crippen molar-refractivity contribution in [2.75, 3.05) is 5.75 Å². The number of hydrogen-bond donors (Lipinski definition) is 0. The van der Waals surface area contributed by atoms with Crippen molar-refractivity contribution in [1.82, 2.24) is 0 Å². The molecule has 0 N–H and O–H groups in total. The zero-order valence-corrected chi connectivity index (χ0v) is 8.29. The van der Waals surface area contributed by atoms with Gasteiger partial charge in [-0.25, -0.2) is 0 Å². The van der Waals surface area contributed by atoms with Crippen LogP contribution in [0.15, 0.2) is 23.1 Å². The smallest absolute Gasteiger partial charge is 0.0400 e. The molecule has 0 radical (unpaired) electrons. The largest absolute Gasteiger partial charge is 0.130 e. The zero-order chi connectivity index (χ0) is 8.65. The fourth-order valence-electron chi connectivity index (χ4n) is 1.01. The van der Waals surface area contributed by atoms with Crippen molar-refractivity contribution in [1.29, 1.82) is 0 Å². The van der Waals surface area contributed by atoms with Gasteiger partial charge in [0, 0.05) is 12.8 Å². The molecular formula is C11H14S. The zero-order valence-electron chi connectivity index (χ0n) is 7.47. The van der Waals surface area contributed by atoms with E-state index in [0.717, 1.165) is 25.0 Å². The quantitative estimate of drug-likeness (QED) is 0.584. The van der Waals surface area contributed by atoms with Crippen LogP contribution in [0.1, 0.15) is 26.2 Å². The fourth-order valence-corrected chi connectivity index (χ4v) is 1.73. The van der Waals surface area contributed by atoms with E-state index in [1.807, 2.05) is 11.8 Å². The van der Waals surface area contributed by atoms with Crippen molar-refractivity contribution in [2.45, 2.75) is 26.2 Å². The predicted molar refractivity (Wildman–Crippen MR) is 57.0 cm³/mol. The Morgan fingerprint density at radius 2 is 2.42 bits per heavy atom. The van der Waals surface area contributed by atoms with Crippen molar-refractivity contribution in [3.63, 3.8) is 0 Å². The maximum Gasteiger partial charge on any atom is 0.0400 e. The lowest BCUT2D eigenvalue weighted by molar-refractivity contribution is 1.08. The second-order valence-corrected chi connectivity index (χ2v) is 3.95. The van der Waals surface area contributed by atoms with E-state index in [2.05, 4.69) is 37.0 Å². The van der Waals surface area contributed by atoms with Gasteiger partial charge in [0.1, 0.15) is 0 Å². The van der Waals surface area contributed by atoms with Crippen LogP contribution in [0.3, 0.4) is 0 Å². The van der Waals surface area contributed by atoms with E-state index in [4.69, 9.17) is 0 Å². The monoisotopic (exact) mass is 178 g/mol. The lowest BCUT2D eigenvalue weighted by atomic mass is 10.3. The summed E-state index contributed by atoms with van der Waals surface area (Å²) in [5.74, 6) is 7.48. The van der Waals surface area contributed by atoms with E-state index < -0.39 is 0 Å². The standard InChI is InChI=1S/C11H14S/c1-2-12-11-9-7-5-3-4-6-8-10-11/h5,7,9H,2-4,10H2,1H3/b7-5-,11-9+. The normalized spacial score (nSPS) is 23.6. The molecule has 64 valence electrons. The van der Waals surface area contributed by atoms with Crippen molar-refractivity contribution < 1.29 is 0 Å². The molecule has 0 aromatic heterocycles. The van der Waals surface area contributed by atoms with E-state index in [0.29, 0.717) is 0 Å². The molecule has 0 fully saturated rings. The number of allylic oxidation sites excluding steroid dienone is 4. The van der Waals surface area contributed by atoms with Gasteiger partial charge in [-0.2, -0.15) is 0 Å². The van der Waals surface area contributed by atoms with E-state index in [-0.39, 0.29) is 0 Å². The van der Waals surface area contributed by atoms with E-state index in [1.165, 1.54) is 4.91 Å². The molecule has 0 saturated heterocycles. The summed E-state index contributed by atoms with van der Waals surface area (Å²) in [6, 6.07) is 0. The first-order valence-electron chi connectivity index (χ1n) is 4.37. The van der Waals surface area contributed by atoms with Crippen LogP contribution in [0, 0.1) is 11.8 Å². The maximum absolute atomic E-state index is 3.18. The average molecular weight is 178 g/mol. The molecule has 1 aliphatic rings. The second-order valence-electron chi connectivity index (χ2n) is 2.56. The predicted octanol–water partition coefficient (Wildman–Crippen LogP) is 3.37. The molecule has 0 aromatic rings. The van der Waals surface area contributed by atoms with Crippen molar-refractivity contribution >= 4 is 11.8 Å². The molecule has 1 rings (SSSR count). The number of hydrogen-bond acceptors (Lipinski definition) is 1. The molecule has 0 nitrogen and oxygen atoms in total. The molecule has 0 spiro atoms. The summed E-state index contributed by atoms with van der Waals surface area (Å²) in [5.41, 5.74) is 0. The first kappa shape index (κ1) is 9.48. The van der Waals surface area contributed by atoms with Crippen LogP contribution in [0.4, 0.5) is 0 Å². The molecule has 12 heavy (non-hydrogen) atoms. The van der Waals surface area contributed by atoms with Gasteiger partial charge in [0.05, 0.1) is 0 Å². The molecule has 0 unspecified atom stereocenters. The summed E-state index contributed by atoms with van der Waals surface area (Å²) in [7, 11) is 0. The summed E-state index contributed by atoms with van der Waals surface area (Å²) < 4.78 is 0. The van der Waals surface area contributed by atoms with Gasteiger partial charge in [-0.3, -0.25) is 0 Å². The lowest BCUT2D eigenvalue weighted by Crippen LogP contribution is -1.75. The van der Waals surface area contributed by atoms with E-state index in [9.17, 15) is 0 Å². The third kappa shape index (κ3) is 3.69. The summed E-state index contributed by atoms with van der Waals surface area (Å²) in [5, 5.41) is 0. The molecule has 0 amide bonds. The Hall–Kier alpha value is -0.610. The van der Waals surface area contributed by atoms with Crippen molar-refractivity contribution in [3.8, 4) is 11.8 Å². The topological polar surface area (TPSA) is 0 Å². The molecular weight excluding hydrogens is 164 g/mol. The van der Waals surface area contributed by atoms with Gasteiger partial charge in [-0.15, -0.1) is 17.7 Å². The summed E-state index contributed by atoms with van der Waals surface area (Å²) in [6.07, 6.45) is 9.56. The fraction of sp³-hybridized carbons (Fsp3) is 0.455. The third-order valence-electron chi connectivity index (χ3n) is 1.57. The lowest BCUT2D eigenvalue weighted by Gasteiger charge is -1.97. The minimum absolute atomic E-state index is 0.933. The minimum Gasteiger partial charge on any atom is -0.130 e. The van der Waals surface area contributed by atoms with Gasteiger partial charge in [-0.1, -0.05) is 31.1 Å². The minimum atomic E-state index is 0.933. The van der Waals surface area contributed by atoms with Crippen molar-refractivity contribution in [2.24, 2.45) is 0 Å². The average Bonchev–Trinajstić information content (AvgIpc) is 2.19. The van der Waals surface area contributed by atoms with Crippen LogP contribution in [0.5, 0.6) is 0 Å². The van der Waals surface area contributed by atoms with Crippen LogP contribution in [0.2, 0.25) is 0 Å². The molecule has 1 heteroatoms. The Morgan fingerprint density at radius 1 is 1.50 bits per heavy atom. The Kier molecular flexibility index (Phi) is 4.71. The Bertz CT molecular complexity index is 237. The molecule has 0 saturated carbocycles. The van der Waals surface area contributed by atoms with E-state index >= 15 is 0 Å². The van der Waals surface area contributed by atoms with Crippen LogP contribution in [0.25, 0.3) is 0 Å². The van der Waals surface area contributed by atoms with Crippen LogP contribution < -0.4 is 0 Å². The highest BCUT2D eigenvalue weighted by molar-refractivity contribution is 8.03. The summed E-state index contributed by atoms with van der Waals surface area (Å²) in [6.45, 7) is 2.18. The molecule has 0 aliphatic heterocycles. The molecule has 0 atom stereocenters. The van der Waals surface area contributed by atoms with Gasteiger partial charge in [-0.05, 0) is 17.1 Å². The summed E-state index contributed by atoms with van der Waals surface area (Å²) >= 11 is 1.89. The van der Waals surface area contributed by atoms with Gasteiger partial charge in [0.25, 0.3) is 0 Å². The Labute approximate surface area is 79.1 Å². The molecule has 0 aromatic carbocycles. The maximum atomic E-state index is 3.18. The van der Waals surface area contributed by atoms with Crippen LogP contribution in [-0.4, -0.2) is 5.75 Å². The third-order valence-corrected chi connectivity index (χ3v) is 2.51. The van der Waals surface area contributed by atoms with Crippen LogP contribution >= 0.6 is 11.8 Å². The highest BCUT2D eigenvalue weighted by Crippen LogP contribution is 2.18. The first-order valence-corrected chi connectivity index (χ1v) is 5.36. The Morgan fingerprint density at radius 3 is 3.25 bits per heavy atom. The first-order chi connectivity index (χ1) is 5.93. The van der Waals surface area contributed by atoms with E-state index in [1.54, 1.807) is 0 Å². The number of rotatable bonds is 2. The molecule has 0 heterocycles. The second kappa shape index (κ2) is 5.97. The number of thioether (sulfide) groups is 1. The highest BCUT2D eigenvalue weighted by Gasteiger charge is 1.92. The SMILES string of the molecule is CCS/C1=C/C=C\CCC#CC1. The summed E-state index contributed by atoms with van der Waals surface area (Å²) in [4.78, 5) is 1.39. The van der Waals surface area contributed by atoms with Gasteiger partial charge < -0.3 is 0 Å². The molecule has 1 aliphatic carbocycles. The van der Waals surface area contributed by atoms with Crippen LogP contribution in [-0.2, 0) is 0 Å². The van der Waals surface area contributed by atoms with Crippen molar-refractivity contribution in [3.05, 3.63) is 23.1 Å². The Balaban J connectivity index is 2.58.